The second-order valence-corrected chi connectivity index (χ2v) is 7.19. The maximum atomic E-state index is 6.68. The molecule has 2 rings (SSSR count). The van der Waals surface area contributed by atoms with E-state index in [1.54, 1.807) is 0 Å². The first-order valence-corrected chi connectivity index (χ1v) is 8.95. The minimum absolute atomic E-state index is 0.180. The highest BCUT2D eigenvalue weighted by Crippen LogP contribution is 2.32. The van der Waals surface area contributed by atoms with Gasteiger partial charge in [-0.05, 0) is 85.5 Å². The Kier molecular flexibility index (Phi) is 5.87. The summed E-state index contributed by atoms with van der Waals surface area (Å²) in [4.78, 5) is 2.66. The zero-order chi connectivity index (χ0) is 14.6. The lowest BCUT2D eigenvalue weighted by Gasteiger charge is -2.45. The molecule has 0 radical (unpaired) electrons. The van der Waals surface area contributed by atoms with Gasteiger partial charge in [-0.25, -0.2) is 0 Å². The van der Waals surface area contributed by atoms with E-state index in [4.69, 9.17) is 5.73 Å². The Hall–Kier alpha value is -0.130. The molecule has 0 spiro atoms. The first kappa shape index (κ1) is 16.2. The molecule has 0 aromatic heterocycles. The van der Waals surface area contributed by atoms with Crippen molar-refractivity contribution in [1.82, 2.24) is 4.90 Å². The fraction of sp³-hybridized carbons (Fsp3) is 0.647. The Morgan fingerprint density at radius 1 is 1.15 bits per heavy atom. The summed E-state index contributed by atoms with van der Waals surface area (Å²) in [6.45, 7) is 7.05. The summed E-state index contributed by atoms with van der Waals surface area (Å²) in [5, 5.41) is 0. The number of likely N-dealkylation sites (tertiary alicyclic amines) is 1. The molecule has 112 valence electrons. The van der Waals surface area contributed by atoms with Crippen molar-refractivity contribution in [3.8, 4) is 0 Å². The van der Waals surface area contributed by atoms with Gasteiger partial charge in [0.15, 0.2) is 0 Å². The molecule has 1 aliphatic rings. The number of halogens is 1. The molecule has 0 aliphatic carbocycles. The van der Waals surface area contributed by atoms with Gasteiger partial charge >= 0.3 is 0 Å². The van der Waals surface area contributed by atoms with Crippen LogP contribution in [0.2, 0.25) is 0 Å². The van der Waals surface area contributed by atoms with E-state index < -0.39 is 0 Å². The fourth-order valence-electron chi connectivity index (χ4n) is 3.68. The predicted octanol–water partition coefficient (Wildman–Crippen LogP) is 3.82. The lowest BCUT2D eigenvalue weighted by molar-refractivity contribution is 0.0768. The average Bonchev–Trinajstić information content (AvgIpc) is 2.98. The van der Waals surface area contributed by atoms with Crippen molar-refractivity contribution < 1.29 is 0 Å². The van der Waals surface area contributed by atoms with Crippen LogP contribution in [0.1, 0.15) is 45.1 Å². The van der Waals surface area contributed by atoms with E-state index in [0.717, 1.165) is 19.3 Å². The van der Waals surface area contributed by atoms with Gasteiger partial charge in [0.25, 0.3) is 0 Å². The molecule has 0 amide bonds. The van der Waals surface area contributed by atoms with E-state index in [0.29, 0.717) is 0 Å². The van der Waals surface area contributed by atoms with Crippen LogP contribution >= 0.6 is 22.6 Å². The van der Waals surface area contributed by atoms with Crippen molar-refractivity contribution in [2.24, 2.45) is 5.73 Å². The van der Waals surface area contributed by atoms with E-state index in [1.165, 1.54) is 35.1 Å². The average molecular weight is 386 g/mol. The first-order valence-electron chi connectivity index (χ1n) is 7.87. The zero-order valence-corrected chi connectivity index (χ0v) is 14.9. The highest BCUT2D eigenvalue weighted by Gasteiger charge is 2.40. The second-order valence-electron chi connectivity index (χ2n) is 5.94. The summed E-state index contributed by atoms with van der Waals surface area (Å²) in [5.41, 5.74) is 8.22. The summed E-state index contributed by atoms with van der Waals surface area (Å²) in [5.74, 6) is 0. The van der Waals surface area contributed by atoms with Crippen molar-refractivity contribution in [2.45, 2.75) is 57.5 Å². The molecular formula is C17H27IN2. The monoisotopic (exact) mass is 386 g/mol. The van der Waals surface area contributed by atoms with Gasteiger partial charge < -0.3 is 5.73 Å². The highest BCUT2D eigenvalue weighted by atomic mass is 127. The van der Waals surface area contributed by atoms with Crippen LogP contribution in [0.15, 0.2) is 24.3 Å². The topological polar surface area (TPSA) is 29.3 Å². The standard InChI is InChI=1S/C17H27IN2/c1-3-17(4-2,20-11-5-6-12-20)16(19)13-14-7-9-15(18)10-8-14/h7-10,16H,3-6,11-13,19H2,1-2H3. The van der Waals surface area contributed by atoms with Crippen LogP contribution in [0, 0.1) is 3.57 Å². The Balaban J connectivity index is 2.13. The molecule has 1 aromatic carbocycles. The third kappa shape index (κ3) is 3.37. The van der Waals surface area contributed by atoms with E-state index in [-0.39, 0.29) is 11.6 Å². The van der Waals surface area contributed by atoms with Crippen molar-refractivity contribution in [3.63, 3.8) is 0 Å². The van der Waals surface area contributed by atoms with Crippen LogP contribution in [0.3, 0.4) is 0 Å². The number of hydrogen-bond acceptors (Lipinski definition) is 2. The Bertz CT molecular complexity index is 406. The molecule has 1 atom stereocenters. The van der Waals surface area contributed by atoms with Gasteiger partial charge in [-0.2, -0.15) is 0 Å². The maximum Gasteiger partial charge on any atom is 0.0358 e. The molecule has 1 fully saturated rings. The number of nitrogens with zero attached hydrogens (tertiary/aromatic N) is 1. The molecule has 3 heteroatoms. The van der Waals surface area contributed by atoms with Gasteiger partial charge in [0.2, 0.25) is 0 Å². The van der Waals surface area contributed by atoms with Gasteiger partial charge in [0.1, 0.15) is 0 Å². The van der Waals surface area contributed by atoms with Gasteiger partial charge in [-0.1, -0.05) is 26.0 Å². The predicted molar refractivity (Wildman–Crippen MR) is 95.0 cm³/mol. The van der Waals surface area contributed by atoms with Crippen LogP contribution in [0.5, 0.6) is 0 Å². The Morgan fingerprint density at radius 2 is 1.70 bits per heavy atom. The summed E-state index contributed by atoms with van der Waals surface area (Å²) in [6.07, 6.45) is 5.94. The Labute approximate surface area is 137 Å². The molecule has 1 aromatic rings. The van der Waals surface area contributed by atoms with E-state index in [9.17, 15) is 0 Å². The van der Waals surface area contributed by atoms with Gasteiger partial charge in [-0.3, -0.25) is 4.90 Å². The molecule has 2 N–H and O–H groups in total. The van der Waals surface area contributed by atoms with Gasteiger partial charge in [0.05, 0.1) is 0 Å². The molecule has 1 saturated heterocycles. The summed E-state index contributed by atoms with van der Waals surface area (Å²) >= 11 is 2.35. The molecule has 0 saturated carbocycles. The smallest absolute Gasteiger partial charge is 0.0358 e. The van der Waals surface area contributed by atoms with Crippen LogP contribution in [0.4, 0.5) is 0 Å². The lowest BCUT2D eigenvalue weighted by atomic mass is 9.80. The minimum Gasteiger partial charge on any atom is -0.326 e. The molecule has 2 nitrogen and oxygen atoms in total. The summed E-state index contributed by atoms with van der Waals surface area (Å²) in [7, 11) is 0. The van der Waals surface area contributed by atoms with Crippen molar-refractivity contribution in [2.75, 3.05) is 13.1 Å². The molecule has 1 heterocycles. The summed E-state index contributed by atoms with van der Waals surface area (Å²) < 4.78 is 1.29. The zero-order valence-electron chi connectivity index (χ0n) is 12.7. The molecule has 1 unspecified atom stereocenters. The molecule has 20 heavy (non-hydrogen) atoms. The van der Waals surface area contributed by atoms with Crippen LogP contribution < -0.4 is 5.73 Å². The molecule has 0 bridgehead atoms. The minimum atomic E-state index is 0.180. The number of benzene rings is 1. The third-order valence-electron chi connectivity index (χ3n) is 5.02. The number of nitrogens with two attached hydrogens (primary N) is 1. The van der Waals surface area contributed by atoms with Crippen LogP contribution in [0.25, 0.3) is 0 Å². The van der Waals surface area contributed by atoms with Crippen LogP contribution in [-0.2, 0) is 6.42 Å². The van der Waals surface area contributed by atoms with Crippen LogP contribution in [-0.4, -0.2) is 29.6 Å². The lowest BCUT2D eigenvalue weighted by Crippen LogP contribution is -2.59. The molecular weight excluding hydrogens is 359 g/mol. The Morgan fingerprint density at radius 3 is 2.20 bits per heavy atom. The van der Waals surface area contributed by atoms with E-state index in [1.807, 2.05) is 0 Å². The SMILES string of the molecule is CCC(CC)(C(N)Cc1ccc(I)cc1)N1CCCC1. The van der Waals surface area contributed by atoms with E-state index >= 15 is 0 Å². The highest BCUT2D eigenvalue weighted by molar-refractivity contribution is 14.1. The molecule has 1 aliphatic heterocycles. The third-order valence-corrected chi connectivity index (χ3v) is 5.74. The van der Waals surface area contributed by atoms with Gasteiger partial charge in [-0.15, -0.1) is 0 Å². The van der Waals surface area contributed by atoms with Crippen molar-refractivity contribution in [1.29, 1.82) is 0 Å². The maximum absolute atomic E-state index is 6.68. The van der Waals surface area contributed by atoms with Gasteiger partial charge in [0, 0.05) is 15.2 Å². The number of hydrogen-bond donors (Lipinski definition) is 1. The largest absolute Gasteiger partial charge is 0.326 e. The van der Waals surface area contributed by atoms with Crippen molar-refractivity contribution >= 4 is 22.6 Å². The van der Waals surface area contributed by atoms with E-state index in [2.05, 4.69) is 65.6 Å². The van der Waals surface area contributed by atoms with Crippen molar-refractivity contribution in [3.05, 3.63) is 33.4 Å². The number of rotatable bonds is 6. The fourth-order valence-corrected chi connectivity index (χ4v) is 4.04. The second kappa shape index (κ2) is 7.23. The normalized spacial score (nSPS) is 18.4. The first-order chi connectivity index (χ1) is 9.62. The summed E-state index contributed by atoms with van der Waals surface area (Å²) in [6, 6.07) is 9.02. The quantitative estimate of drug-likeness (QED) is 0.754.